The van der Waals surface area contributed by atoms with Gasteiger partial charge in [0.1, 0.15) is 0 Å². The maximum Gasteiger partial charge on any atom is 0.0444 e. The maximum absolute atomic E-state index is 3.75. The lowest BCUT2D eigenvalue weighted by molar-refractivity contribution is 0.497. The first-order chi connectivity index (χ1) is 8.80. The Morgan fingerprint density at radius 2 is 2.22 bits per heavy atom. The molecule has 1 nitrogen and oxygen atoms in total. The summed E-state index contributed by atoms with van der Waals surface area (Å²) in [7, 11) is 0. The molecule has 3 heteroatoms. The van der Waals surface area contributed by atoms with Crippen molar-refractivity contribution < 1.29 is 0 Å². The summed E-state index contributed by atoms with van der Waals surface area (Å²) in [5.41, 5.74) is 3.07. The molecular weight excluding hydrogens is 258 g/mol. The zero-order valence-electron chi connectivity index (χ0n) is 11.5. The summed E-state index contributed by atoms with van der Waals surface area (Å²) < 4.78 is 0. The van der Waals surface area contributed by atoms with Gasteiger partial charge in [0.05, 0.1) is 0 Å². The largest absolute Gasteiger partial charge is 0.309 e. The molecule has 0 radical (unpaired) electrons. The number of fused-ring (bicyclic) bond motifs is 1. The minimum absolute atomic E-state index is 0.538. The first-order valence-corrected chi connectivity index (χ1v) is 9.09. The zero-order valence-corrected chi connectivity index (χ0v) is 13.2. The van der Waals surface area contributed by atoms with Crippen LogP contribution in [-0.2, 0) is 5.75 Å². The van der Waals surface area contributed by atoms with E-state index in [0.717, 1.165) is 11.8 Å². The van der Waals surface area contributed by atoms with Crippen molar-refractivity contribution in [3.8, 4) is 0 Å². The van der Waals surface area contributed by atoms with Crippen LogP contribution in [0.15, 0.2) is 23.1 Å². The first kappa shape index (κ1) is 14.3. The Labute approximate surface area is 120 Å². The monoisotopic (exact) mass is 281 g/mol. The highest BCUT2D eigenvalue weighted by atomic mass is 32.2. The molecule has 2 atom stereocenters. The first-order valence-electron chi connectivity index (χ1n) is 6.82. The summed E-state index contributed by atoms with van der Waals surface area (Å²) in [5, 5.41) is 4.47. The van der Waals surface area contributed by atoms with Gasteiger partial charge in [-0.1, -0.05) is 19.9 Å². The molecule has 1 N–H and O–H groups in total. The van der Waals surface area contributed by atoms with E-state index in [1.165, 1.54) is 29.1 Å². The Hall–Kier alpha value is -0.120. The fourth-order valence-electron chi connectivity index (χ4n) is 2.51. The van der Waals surface area contributed by atoms with E-state index in [4.69, 9.17) is 0 Å². The Kier molecular flexibility index (Phi) is 5.46. The van der Waals surface area contributed by atoms with Crippen LogP contribution in [-0.4, -0.2) is 18.1 Å². The van der Waals surface area contributed by atoms with E-state index in [1.807, 2.05) is 11.8 Å². The molecule has 100 valence electrons. The zero-order chi connectivity index (χ0) is 13.0. The van der Waals surface area contributed by atoms with Gasteiger partial charge in [0.25, 0.3) is 0 Å². The smallest absolute Gasteiger partial charge is 0.0444 e. The van der Waals surface area contributed by atoms with Crippen LogP contribution in [0.1, 0.15) is 43.9 Å². The van der Waals surface area contributed by atoms with Crippen molar-refractivity contribution in [2.24, 2.45) is 0 Å². The molecule has 0 spiro atoms. The molecule has 0 bridgehead atoms. The normalized spacial score (nSPS) is 22.8. The van der Waals surface area contributed by atoms with Gasteiger partial charge in [-0.25, -0.2) is 0 Å². The molecule has 0 saturated carbocycles. The molecule has 18 heavy (non-hydrogen) atoms. The number of hydrogen-bond acceptors (Lipinski definition) is 3. The SMILES string of the molecule is CCCNC1c2cc(SC)ccc2CSC1CC. The summed E-state index contributed by atoms with van der Waals surface area (Å²) in [6.07, 6.45) is 4.61. The second-order valence-electron chi connectivity index (χ2n) is 4.75. The number of nitrogens with one attached hydrogen (secondary N) is 1. The van der Waals surface area contributed by atoms with Gasteiger partial charge in [0.2, 0.25) is 0 Å². The van der Waals surface area contributed by atoms with Gasteiger partial charge in [0.15, 0.2) is 0 Å². The van der Waals surface area contributed by atoms with E-state index in [9.17, 15) is 0 Å². The van der Waals surface area contributed by atoms with Crippen molar-refractivity contribution in [3.05, 3.63) is 29.3 Å². The second kappa shape index (κ2) is 6.88. The van der Waals surface area contributed by atoms with E-state index in [1.54, 1.807) is 5.56 Å². The number of rotatable bonds is 5. The fourth-order valence-corrected chi connectivity index (χ4v) is 4.29. The molecule has 0 aliphatic carbocycles. The van der Waals surface area contributed by atoms with Gasteiger partial charge < -0.3 is 5.32 Å². The van der Waals surface area contributed by atoms with Gasteiger partial charge in [-0.2, -0.15) is 11.8 Å². The standard InChI is InChI=1S/C15H23NS2/c1-4-8-16-15-13-9-12(17-3)7-6-11(13)10-18-14(15)5-2/h6-7,9,14-16H,4-5,8,10H2,1-3H3. The van der Waals surface area contributed by atoms with E-state index < -0.39 is 0 Å². The summed E-state index contributed by atoms with van der Waals surface area (Å²) in [6, 6.07) is 7.51. The van der Waals surface area contributed by atoms with Gasteiger partial charge in [0, 0.05) is 21.9 Å². The molecular formula is C15H23NS2. The fraction of sp³-hybridized carbons (Fsp3) is 0.600. The van der Waals surface area contributed by atoms with Gasteiger partial charge in [-0.15, -0.1) is 11.8 Å². The highest BCUT2D eigenvalue weighted by Gasteiger charge is 2.28. The predicted molar refractivity (Wildman–Crippen MR) is 84.6 cm³/mol. The van der Waals surface area contributed by atoms with Crippen LogP contribution >= 0.6 is 23.5 Å². The summed E-state index contributed by atoms with van der Waals surface area (Å²) in [6.45, 7) is 5.66. The third-order valence-electron chi connectivity index (χ3n) is 3.53. The molecule has 1 aliphatic heterocycles. The third kappa shape index (κ3) is 3.06. The highest BCUT2D eigenvalue weighted by Crippen LogP contribution is 2.40. The molecule has 1 aromatic carbocycles. The van der Waals surface area contributed by atoms with Crippen molar-refractivity contribution >= 4 is 23.5 Å². The molecule has 1 heterocycles. The maximum atomic E-state index is 3.75. The average molecular weight is 281 g/mol. The second-order valence-corrected chi connectivity index (χ2v) is 6.86. The van der Waals surface area contributed by atoms with Crippen molar-refractivity contribution in [1.82, 2.24) is 5.32 Å². The van der Waals surface area contributed by atoms with Gasteiger partial charge in [-0.05, 0) is 48.9 Å². The molecule has 1 aliphatic rings. The Balaban J connectivity index is 2.29. The van der Waals surface area contributed by atoms with Crippen LogP contribution < -0.4 is 5.32 Å². The molecule has 0 aromatic heterocycles. The minimum atomic E-state index is 0.538. The topological polar surface area (TPSA) is 12.0 Å². The Morgan fingerprint density at radius 1 is 1.39 bits per heavy atom. The Morgan fingerprint density at radius 3 is 2.89 bits per heavy atom. The van der Waals surface area contributed by atoms with E-state index >= 15 is 0 Å². The van der Waals surface area contributed by atoms with E-state index in [-0.39, 0.29) is 0 Å². The predicted octanol–water partition coefficient (Wildman–Crippen LogP) is 4.47. The lowest BCUT2D eigenvalue weighted by Gasteiger charge is -2.33. The highest BCUT2D eigenvalue weighted by molar-refractivity contribution is 7.99. The van der Waals surface area contributed by atoms with Crippen molar-refractivity contribution in [2.75, 3.05) is 12.8 Å². The summed E-state index contributed by atoms with van der Waals surface area (Å²) in [4.78, 5) is 1.39. The average Bonchev–Trinajstić information content (AvgIpc) is 2.43. The molecule has 2 rings (SSSR count). The van der Waals surface area contributed by atoms with Crippen LogP contribution in [0.25, 0.3) is 0 Å². The van der Waals surface area contributed by atoms with Gasteiger partial charge >= 0.3 is 0 Å². The summed E-state index contributed by atoms with van der Waals surface area (Å²) >= 11 is 3.95. The van der Waals surface area contributed by atoms with Crippen LogP contribution in [0.4, 0.5) is 0 Å². The number of benzene rings is 1. The molecule has 0 amide bonds. The molecule has 0 saturated heterocycles. The lowest BCUT2D eigenvalue weighted by atomic mass is 9.96. The quantitative estimate of drug-likeness (QED) is 0.800. The number of hydrogen-bond donors (Lipinski definition) is 1. The van der Waals surface area contributed by atoms with E-state index in [0.29, 0.717) is 6.04 Å². The minimum Gasteiger partial charge on any atom is -0.309 e. The van der Waals surface area contributed by atoms with Crippen LogP contribution in [0.3, 0.4) is 0 Å². The summed E-state index contributed by atoms with van der Waals surface area (Å²) in [5.74, 6) is 1.17. The Bertz CT molecular complexity index is 392. The van der Waals surface area contributed by atoms with Gasteiger partial charge in [-0.3, -0.25) is 0 Å². The van der Waals surface area contributed by atoms with E-state index in [2.05, 4.69) is 55.4 Å². The molecule has 0 fully saturated rings. The van der Waals surface area contributed by atoms with Crippen molar-refractivity contribution in [2.45, 2.75) is 48.6 Å². The van der Waals surface area contributed by atoms with Crippen molar-refractivity contribution in [1.29, 1.82) is 0 Å². The lowest BCUT2D eigenvalue weighted by Crippen LogP contribution is -2.33. The third-order valence-corrected chi connectivity index (χ3v) is 5.77. The number of thioether (sulfide) groups is 2. The van der Waals surface area contributed by atoms with Crippen LogP contribution in [0.5, 0.6) is 0 Å². The molecule has 1 aromatic rings. The van der Waals surface area contributed by atoms with Crippen LogP contribution in [0, 0.1) is 0 Å². The molecule has 2 unspecified atom stereocenters. The van der Waals surface area contributed by atoms with Crippen molar-refractivity contribution in [3.63, 3.8) is 0 Å². The van der Waals surface area contributed by atoms with Crippen LogP contribution in [0.2, 0.25) is 0 Å².